The number of urea groups is 1. The maximum Gasteiger partial charge on any atom is 0.315 e. The van der Waals surface area contributed by atoms with E-state index < -0.39 is 0 Å². The molecule has 154 valence electrons. The molecule has 3 amide bonds. The third kappa shape index (κ3) is 5.87. The molecule has 0 aliphatic heterocycles. The molecule has 1 aliphatic rings. The molecule has 1 aliphatic carbocycles. The van der Waals surface area contributed by atoms with Gasteiger partial charge in [-0.3, -0.25) is 4.79 Å². The van der Waals surface area contributed by atoms with Crippen molar-refractivity contribution in [3.63, 3.8) is 0 Å². The molecule has 7 heteroatoms. The summed E-state index contributed by atoms with van der Waals surface area (Å²) in [6.07, 6.45) is 3.70. The number of hydrogen-bond acceptors (Lipinski definition) is 3. The topological polar surface area (TPSA) is 79.5 Å². The van der Waals surface area contributed by atoms with Crippen LogP contribution in [0.2, 0.25) is 5.02 Å². The van der Waals surface area contributed by atoms with E-state index in [0.717, 1.165) is 31.2 Å². The molecule has 2 atom stereocenters. The fourth-order valence-electron chi connectivity index (χ4n) is 3.51. The number of methoxy groups -OCH3 is 1. The van der Waals surface area contributed by atoms with Crippen molar-refractivity contribution in [2.45, 2.75) is 44.3 Å². The van der Waals surface area contributed by atoms with Crippen molar-refractivity contribution in [3.8, 4) is 5.75 Å². The minimum absolute atomic E-state index is 0.107. The number of ether oxygens (including phenoxy) is 1. The first-order valence-electron chi connectivity index (χ1n) is 9.79. The normalized spacial score (nSPS) is 18.6. The van der Waals surface area contributed by atoms with E-state index in [1.807, 2.05) is 18.2 Å². The van der Waals surface area contributed by atoms with Crippen LogP contribution in [0.4, 0.5) is 4.79 Å². The number of benzene rings is 2. The summed E-state index contributed by atoms with van der Waals surface area (Å²) < 4.78 is 5.13. The summed E-state index contributed by atoms with van der Waals surface area (Å²) in [4.78, 5) is 25.0. The first-order valence-corrected chi connectivity index (χ1v) is 10.2. The number of carbonyl (C=O) groups is 2. The van der Waals surface area contributed by atoms with Crippen LogP contribution in [-0.2, 0) is 6.54 Å². The van der Waals surface area contributed by atoms with E-state index >= 15 is 0 Å². The van der Waals surface area contributed by atoms with Gasteiger partial charge in [0, 0.05) is 23.2 Å². The molecule has 3 rings (SSSR count). The van der Waals surface area contributed by atoms with E-state index in [1.165, 1.54) is 0 Å². The van der Waals surface area contributed by atoms with Crippen molar-refractivity contribution in [2.24, 2.45) is 0 Å². The van der Waals surface area contributed by atoms with E-state index in [9.17, 15) is 9.59 Å². The van der Waals surface area contributed by atoms with E-state index in [-0.39, 0.29) is 24.0 Å². The van der Waals surface area contributed by atoms with Crippen LogP contribution < -0.4 is 20.7 Å². The lowest BCUT2D eigenvalue weighted by Gasteiger charge is -2.32. The average molecular weight is 416 g/mol. The molecule has 2 unspecified atom stereocenters. The van der Waals surface area contributed by atoms with Crippen molar-refractivity contribution in [1.82, 2.24) is 16.0 Å². The number of amides is 3. The summed E-state index contributed by atoms with van der Waals surface area (Å²) in [6.45, 7) is 0.348. The van der Waals surface area contributed by atoms with Gasteiger partial charge < -0.3 is 20.7 Å². The molecule has 29 heavy (non-hydrogen) atoms. The molecule has 0 saturated heterocycles. The number of hydrogen-bond donors (Lipinski definition) is 3. The molecule has 0 bridgehead atoms. The van der Waals surface area contributed by atoms with Gasteiger partial charge in [0.25, 0.3) is 5.91 Å². The Labute approximate surface area is 176 Å². The van der Waals surface area contributed by atoms with Gasteiger partial charge in [-0.2, -0.15) is 0 Å². The molecule has 0 spiro atoms. The highest BCUT2D eigenvalue weighted by Gasteiger charge is 2.28. The number of carbonyl (C=O) groups excluding carboxylic acids is 2. The van der Waals surface area contributed by atoms with Gasteiger partial charge in [-0.1, -0.05) is 42.6 Å². The second-order valence-corrected chi connectivity index (χ2v) is 7.53. The predicted octanol–water partition coefficient (Wildman–Crippen LogP) is 3.89. The number of halogens is 1. The molecule has 0 heterocycles. The van der Waals surface area contributed by atoms with E-state index in [4.69, 9.17) is 16.3 Å². The largest absolute Gasteiger partial charge is 0.497 e. The summed E-state index contributed by atoms with van der Waals surface area (Å²) in [5.74, 6) is 0.553. The Morgan fingerprint density at radius 2 is 1.66 bits per heavy atom. The molecule has 2 aromatic rings. The Morgan fingerprint density at radius 1 is 1.00 bits per heavy atom. The third-order valence-corrected chi connectivity index (χ3v) is 5.52. The molecule has 0 radical (unpaired) electrons. The molecular formula is C22H26ClN3O3. The fourth-order valence-corrected chi connectivity index (χ4v) is 3.71. The van der Waals surface area contributed by atoms with Gasteiger partial charge in [0.15, 0.2) is 0 Å². The lowest BCUT2D eigenvalue weighted by Crippen LogP contribution is -2.55. The Balaban J connectivity index is 1.55. The zero-order valence-corrected chi connectivity index (χ0v) is 17.2. The smallest absolute Gasteiger partial charge is 0.315 e. The van der Waals surface area contributed by atoms with Gasteiger partial charge in [-0.05, 0) is 48.7 Å². The van der Waals surface area contributed by atoms with Crippen molar-refractivity contribution in [3.05, 3.63) is 64.7 Å². The minimum Gasteiger partial charge on any atom is -0.497 e. The Bertz CT molecular complexity index is 841. The highest BCUT2D eigenvalue weighted by atomic mass is 35.5. The quantitative estimate of drug-likeness (QED) is 0.669. The first kappa shape index (κ1) is 21.0. The second-order valence-electron chi connectivity index (χ2n) is 7.12. The molecule has 0 aromatic heterocycles. The van der Waals surface area contributed by atoms with Gasteiger partial charge in [-0.25, -0.2) is 4.79 Å². The van der Waals surface area contributed by atoms with Crippen LogP contribution in [0.1, 0.15) is 41.6 Å². The lowest BCUT2D eigenvalue weighted by atomic mass is 9.90. The van der Waals surface area contributed by atoms with Gasteiger partial charge in [0.2, 0.25) is 0 Å². The summed E-state index contributed by atoms with van der Waals surface area (Å²) in [6, 6.07) is 13.9. The van der Waals surface area contributed by atoms with Gasteiger partial charge in [-0.15, -0.1) is 0 Å². The van der Waals surface area contributed by atoms with Crippen LogP contribution >= 0.6 is 11.6 Å². The molecule has 1 saturated carbocycles. The van der Waals surface area contributed by atoms with Crippen LogP contribution in [0.3, 0.4) is 0 Å². The van der Waals surface area contributed by atoms with E-state index in [0.29, 0.717) is 22.9 Å². The highest BCUT2D eigenvalue weighted by molar-refractivity contribution is 6.31. The summed E-state index contributed by atoms with van der Waals surface area (Å²) in [7, 11) is 1.59. The molecule has 2 aromatic carbocycles. The average Bonchev–Trinajstić information content (AvgIpc) is 2.74. The van der Waals surface area contributed by atoms with Crippen molar-refractivity contribution >= 4 is 23.5 Å². The highest BCUT2D eigenvalue weighted by Crippen LogP contribution is 2.20. The van der Waals surface area contributed by atoms with Crippen LogP contribution in [-0.4, -0.2) is 31.1 Å². The fraction of sp³-hybridized carbons (Fsp3) is 0.364. The maximum atomic E-state index is 12.6. The van der Waals surface area contributed by atoms with Gasteiger partial charge >= 0.3 is 6.03 Å². The summed E-state index contributed by atoms with van der Waals surface area (Å²) in [5.41, 5.74) is 1.43. The molecule has 1 fully saturated rings. The molecule has 3 N–H and O–H groups in total. The maximum absolute atomic E-state index is 12.6. The lowest BCUT2D eigenvalue weighted by molar-refractivity contribution is 0.0916. The SMILES string of the molecule is COc1ccc(C(=O)NC2CCCCC2NC(=O)NCc2ccccc2Cl)cc1. The zero-order valence-electron chi connectivity index (χ0n) is 16.4. The van der Waals surface area contributed by atoms with Gasteiger partial charge in [0.1, 0.15) is 5.75 Å². The van der Waals surface area contributed by atoms with Crippen LogP contribution in [0.25, 0.3) is 0 Å². The van der Waals surface area contributed by atoms with E-state index in [1.54, 1.807) is 37.4 Å². The monoisotopic (exact) mass is 415 g/mol. The number of rotatable bonds is 6. The Morgan fingerprint density at radius 3 is 2.31 bits per heavy atom. The van der Waals surface area contributed by atoms with Gasteiger partial charge in [0.05, 0.1) is 13.2 Å². The van der Waals surface area contributed by atoms with Crippen LogP contribution in [0, 0.1) is 0 Å². The summed E-state index contributed by atoms with van der Waals surface area (Å²) >= 11 is 6.13. The third-order valence-electron chi connectivity index (χ3n) is 5.15. The van der Waals surface area contributed by atoms with Crippen LogP contribution in [0.15, 0.2) is 48.5 Å². The molecular weight excluding hydrogens is 390 g/mol. The number of nitrogens with one attached hydrogen (secondary N) is 3. The molecule has 6 nitrogen and oxygen atoms in total. The zero-order chi connectivity index (χ0) is 20.6. The van der Waals surface area contributed by atoms with E-state index in [2.05, 4.69) is 16.0 Å². The van der Waals surface area contributed by atoms with Crippen molar-refractivity contribution in [2.75, 3.05) is 7.11 Å². The Kier molecular flexibility index (Phi) is 7.36. The standard InChI is InChI=1S/C22H26ClN3O3/c1-29-17-12-10-15(11-13-17)21(27)25-19-8-4-5-9-20(19)26-22(28)24-14-16-6-2-3-7-18(16)23/h2-3,6-7,10-13,19-20H,4-5,8-9,14H2,1H3,(H,25,27)(H2,24,26,28). The second kappa shape index (κ2) is 10.2. The predicted molar refractivity (Wildman–Crippen MR) is 113 cm³/mol. The van der Waals surface area contributed by atoms with Crippen molar-refractivity contribution < 1.29 is 14.3 Å². The summed E-state index contributed by atoms with van der Waals surface area (Å²) in [5, 5.41) is 9.54. The van der Waals surface area contributed by atoms with Crippen LogP contribution in [0.5, 0.6) is 5.75 Å². The first-order chi connectivity index (χ1) is 14.1. The van der Waals surface area contributed by atoms with Crippen molar-refractivity contribution in [1.29, 1.82) is 0 Å². The minimum atomic E-state index is -0.263. The Hall–Kier alpha value is -2.73.